The number of rotatable bonds is 4. The standard InChI is InChI=1S/C19H24N4O3/c1-12(20)13-5-4-8-23(11-13)17(24)10-22-19(26)15-9-21-16-7-3-2-6-14(16)18(15)25/h2-3,6-7,9,12-13H,4-5,8,10-11,20H2,1H3,(H,21,25)(H,22,26). The van der Waals surface area contributed by atoms with E-state index in [1.807, 2.05) is 13.0 Å². The van der Waals surface area contributed by atoms with E-state index < -0.39 is 5.91 Å². The largest absolute Gasteiger partial charge is 0.360 e. The summed E-state index contributed by atoms with van der Waals surface area (Å²) in [7, 11) is 0. The van der Waals surface area contributed by atoms with E-state index in [9.17, 15) is 14.4 Å². The molecule has 2 aromatic rings. The molecule has 7 heteroatoms. The number of amides is 2. The highest BCUT2D eigenvalue weighted by atomic mass is 16.2. The van der Waals surface area contributed by atoms with Crippen LogP contribution in [0, 0.1) is 5.92 Å². The molecule has 1 aliphatic rings. The molecule has 2 atom stereocenters. The van der Waals surface area contributed by atoms with Gasteiger partial charge in [-0.1, -0.05) is 12.1 Å². The highest BCUT2D eigenvalue weighted by Gasteiger charge is 2.26. The summed E-state index contributed by atoms with van der Waals surface area (Å²) in [6.45, 7) is 3.11. The second kappa shape index (κ2) is 7.70. The zero-order valence-electron chi connectivity index (χ0n) is 14.8. The number of nitrogens with two attached hydrogens (primary N) is 1. The summed E-state index contributed by atoms with van der Waals surface area (Å²) in [4.78, 5) is 41.9. The molecule has 26 heavy (non-hydrogen) atoms. The van der Waals surface area contributed by atoms with Crippen LogP contribution < -0.4 is 16.5 Å². The fourth-order valence-electron chi connectivity index (χ4n) is 3.36. The maximum atomic E-state index is 12.4. The highest BCUT2D eigenvalue weighted by Crippen LogP contribution is 2.18. The fraction of sp³-hybridized carbons (Fsp3) is 0.421. The molecule has 138 valence electrons. The van der Waals surface area contributed by atoms with Crippen LogP contribution >= 0.6 is 0 Å². The van der Waals surface area contributed by atoms with E-state index in [2.05, 4.69) is 10.3 Å². The van der Waals surface area contributed by atoms with Crippen molar-refractivity contribution in [3.63, 3.8) is 0 Å². The Labute approximate surface area is 151 Å². The van der Waals surface area contributed by atoms with Crippen LogP contribution in [0.25, 0.3) is 10.9 Å². The molecular weight excluding hydrogens is 332 g/mol. The molecule has 0 radical (unpaired) electrons. The van der Waals surface area contributed by atoms with Gasteiger partial charge in [0.15, 0.2) is 0 Å². The Kier molecular flexibility index (Phi) is 5.37. The molecule has 1 fully saturated rings. The number of hydrogen-bond acceptors (Lipinski definition) is 4. The summed E-state index contributed by atoms with van der Waals surface area (Å²) < 4.78 is 0. The first-order valence-corrected chi connectivity index (χ1v) is 8.89. The number of likely N-dealkylation sites (tertiary alicyclic amines) is 1. The van der Waals surface area contributed by atoms with Crippen molar-refractivity contribution in [2.75, 3.05) is 19.6 Å². The predicted molar refractivity (Wildman–Crippen MR) is 99.9 cm³/mol. The molecule has 3 rings (SSSR count). The number of nitrogens with one attached hydrogen (secondary N) is 2. The molecule has 0 spiro atoms. The first kappa shape index (κ1) is 18.1. The third kappa shape index (κ3) is 3.77. The maximum Gasteiger partial charge on any atom is 0.257 e. The summed E-state index contributed by atoms with van der Waals surface area (Å²) in [6.07, 6.45) is 3.31. The van der Waals surface area contributed by atoms with Crippen LogP contribution in [0.3, 0.4) is 0 Å². The second-order valence-electron chi connectivity index (χ2n) is 6.86. The van der Waals surface area contributed by atoms with E-state index in [1.54, 1.807) is 23.1 Å². The lowest BCUT2D eigenvalue weighted by molar-refractivity contribution is -0.132. The lowest BCUT2D eigenvalue weighted by Gasteiger charge is -2.34. The van der Waals surface area contributed by atoms with Crippen molar-refractivity contribution in [1.82, 2.24) is 15.2 Å². The van der Waals surface area contributed by atoms with Gasteiger partial charge >= 0.3 is 0 Å². The Hall–Kier alpha value is -2.67. The topological polar surface area (TPSA) is 108 Å². The van der Waals surface area contributed by atoms with Crippen LogP contribution in [-0.2, 0) is 4.79 Å². The monoisotopic (exact) mass is 356 g/mol. The molecule has 4 N–H and O–H groups in total. The van der Waals surface area contributed by atoms with E-state index in [-0.39, 0.29) is 35.4 Å². The first-order chi connectivity index (χ1) is 12.5. The minimum absolute atomic E-state index is 0.00333. The molecule has 2 unspecified atom stereocenters. The average molecular weight is 356 g/mol. The second-order valence-corrected chi connectivity index (χ2v) is 6.86. The van der Waals surface area contributed by atoms with Gasteiger partial charge in [0.2, 0.25) is 11.3 Å². The number of carbonyl (C=O) groups is 2. The zero-order chi connectivity index (χ0) is 18.7. The van der Waals surface area contributed by atoms with Crippen molar-refractivity contribution >= 4 is 22.7 Å². The number of fused-ring (bicyclic) bond motifs is 1. The molecule has 1 saturated heterocycles. The maximum absolute atomic E-state index is 12.4. The van der Waals surface area contributed by atoms with E-state index in [0.717, 1.165) is 12.8 Å². The normalized spacial score (nSPS) is 18.5. The van der Waals surface area contributed by atoms with Gasteiger partial charge in [-0.2, -0.15) is 0 Å². The van der Waals surface area contributed by atoms with Gasteiger partial charge in [0.25, 0.3) is 5.91 Å². The predicted octanol–water partition coefficient (Wildman–Crippen LogP) is 0.844. The minimum atomic E-state index is -0.550. The molecule has 1 aromatic carbocycles. The van der Waals surface area contributed by atoms with E-state index in [4.69, 9.17) is 5.73 Å². The van der Waals surface area contributed by atoms with Gasteiger partial charge in [-0.15, -0.1) is 0 Å². The van der Waals surface area contributed by atoms with Crippen molar-refractivity contribution in [2.24, 2.45) is 11.7 Å². The number of piperidine rings is 1. The third-order valence-corrected chi connectivity index (χ3v) is 4.99. The van der Waals surface area contributed by atoms with Crippen molar-refractivity contribution in [1.29, 1.82) is 0 Å². The summed E-state index contributed by atoms with van der Waals surface area (Å²) in [5, 5.41) is 3.01. The van der Waals surface area contributed by atoms with Crippen LogP contribution in [0.4, 0.5) is 0 Å². The number of aromatic nitrogens is 1. The number of benzene rings is 1. The summed E-state index contributed by atoms with van der Waals surface area (Å²) in [5.74, 6) is -0.418. The van der Waals surface area contributed by atoms with Gasteiger partial charge in [0.1, 0.15) is 5.56 Å². The van der Waals surface area contributed by atoms with E-state index in [1.165, 1.54) is 6.20 Å². The number of hydrogen-bond donors (Lipinski definition) is 3. The number of carbonyl (C=O) groups excluding carboxylic acids is 2. The number of H-pyrrole nitrogens is 1. The van der Waals surface area contributed by atoms with Crippen molar-refractivity contribution in [3.8, 4) is 0 Å². The number of aromatic amines is 1. The van der Waals surface area contributed by atoms with Crippen LogP contribution in [0.5, 0.6) is 0 Å². The summed E-state index contributed by atoms with van der Waals surface area (Å²) in [5.41, 5.74) is 6.27. The molecule has 7 nitrogen and oxygen atoms in total. The Morgan fingerprint density at radius 2 is 2.15 bits per heavy atom. The molecule has 1 aromatic heterocycles. The number of para-hydroxylation sites is 1. The van der Waals surface area contributed by atoms with E-state index >= 15 is 0 Å². The Morgan fingerprint density at radius 1 is 1.38 bits per heavy atom. The quantitative estimate of drug-likeness (QED) is 0.754. The van der Waals surface area contributed by atoms with Gasteiger partial charge in [-0.3, -0.25) is 14.4 Å². The highest BCUT2D eigenvalue weighted by molar-refractivity contribution is 5.98. The molecule has 2 amide bonds. The zero-order valence-corrected chi connectivity index (χ0v) is 14.8. The number of pyridine rings is 1. The molecule has 0 bridgehead atoms. The van der Waals surface area contributed by atoms with Gasteiger partial charge < -0.3 is 20.9 Å². The first-order valence-electron chi connectivity index (χ1n) is 8.89. The molecular formula is C19H24N4O3. The van der Waals surface area contributed by atoms with Gasteiger partial charge in [-0.25, -0.2) is 0 Å². The molecule has 0 aliphatic carbocycles. The fourth-order valence-corrected chi connectivity index (χ4v) is 3.36. The van der Waals surface area contributed by atoms with Gasteiger partial charge in [-0.05, 0) is 37.8 Å². The van der Waals surface area contributed by atoms with Gasteiger partial charge in [0, 0.05) is 36.2 Å². The minimum Gasteiger partial charge on any atom is -0.360 e. The van der Waals surface area contributed by atoms with Crippen LogP contribution in [0.2, 0.25) is 0 Å². The van der Waals surface area contributed by atoms with E-state index in [0.29, 0.717) is 24.0 Å². The van der Waals surface area contributed by atoms with Crippen molar-refractivity contribution in [2.45, 2.75) is 25.8 Å². The van der Waals surface area contributed by atoms with Crippen molar-refractivity contribution < 1.29 is 9.59 Å². The molecule has 2 heterocycles. The Morgan fingerprint density at radius 3 is 2.92 bits per heavy atom. The van der Waals surface area contributed by atoms with Crippen LogP contribution in [-0.4, -0.2) is 47.4 Å². The Bertz CT molecular complexity index is 874. The molecule has 0 saturated carbocycles. The van der Waals surface area contributed by atoms with Crippen LogP contribution in [0.15, 0.2) is 35.3 Å². The van der Waals surface area contributed by atoms with Crippen LogP contribution in [0.1, 0.15) is 30.1 Å². The Balaban J connectivity index is 1.65. The smallest absolute Gasteiger partial charge is 0.257 e. The summed E-state index contributed by atoms with van der Waals surface area (Å²) in [6, 6.07) is 7.03. The number of nitrogens with zero attached hydrogens (tertiary/aromatic N) is 1. The third-order valence-electron chi connectivity index (χ3n) is 4.99. The van der Waals surface area contributed by atoms with Gasteiger partial charge in [0.05, 0.1) is 6.54 Å². The lowest BCUT2D eigenvalue weighted by atomic mass is 9.92. The SMILES string of the molecule is CC(N)C1CCCN(C(=O)CNC(=O)c2c[nH]c3ccccc3c2=O)C1. The molecule has 1 aliphatic heterocycles. The summed E-state index contributed by atoms with van der Waals surface area (Å²) >= 11 is 0. The lowest BCUT2D eigenvalue weighted by Crippen LogP contribution is -2.48. The van der Waals surface area contributed by atoms with Crippen molar-refractivity contribution in [3.05, 3.63) is 46.2 Å². The average Bonchev–Trinajstić information content (AvgIpc) is 2.66.